The number of amides is 1. The minimum atomic E-state index is -1.04. The van der Waals surface area contributed by atoms with Gasteiger partial charge in [0.15, 0.2) is 11.5 Å². The fraction of sp³-hybridized carbons (Fsp3) is 0.0667. The van der Waals surface area contributed by atoms with Gasteiger partial charge in [0.25, 0.3) is 5.91 Å². The van der Waals surface area contributed by atoms with Crippen molar-refractivity contribution in [2.45, 2.75) is 0 Å². The molecule has 3 N–H and O–H groups in total. The molecular formula is C15H13NO5. The summed E-state index contributed by atoms with van der Waals surface area (Å²) in [4.78, 5) is 22.8. The lowest BCUT2D eigenvalue weighted by Gasteiger charge is -2.09. The van der Waals surface area contributed by atoms with Crippen molar-refractivity contribution in [2.24, 2.45) is 0 Å². The van der Waals surface area contributed by atoms with Crippen molar-refractivity contribution >= 4 is 17.6 Å². The number of hydrogen-bond acceptors (Lipinski definition) is 4. The van der Waals surface area contributed by atoms with Crippen LogP contribution in [0.5, 0.6) is 11.5 Å². The first kappa shape index (κ1) is 14.4. The smallest absolute Gasteiger partial charge is 0.335 e. The average molecular weight is 287 g/mol. The van der Waals surface area contributed by atoms with Crippen LogP contribution in [0.2, 0.25) is 0 Å². The van der Waals surface area contributed by atoms with Crippen molar-refractivity contribution in [3.63, 3.8) is 0 Å². The second-order valence-electron chi connectivity index (χ2n) is 4.19. The molecule has 1 amide bonds. The zero-order valence-electron chi connectivity index (χ0n) is 11.2. The number of methoxy groups -OCH3 is 1. The zero-order chi connectivity index (χ0) is 15.4. The summed E-state index contributed by atoms with van der Waals surface area (Å²) in [7, 11) is 1.39. The number of para-hydroxylation sites is 1. The molecule has 0 spiro atoms. The van der Waals surface area contributed by atoms with Crippen LogP contribution in [0, 0.1) is 0 Å². The standard InChI is InChI=1S/C15H13NO5/c1-21-12-4-2-3-11(13(12)17)14(18)16-10-7-5-9(6-8-10)15(19)20/h2-8,17H,1H3,(H,16,18)(H,19,20). The van der Waals surface area contributed by atoms with E-state index >= 15 is 0 Å². The van der Waals surface area contributed by atoms with E-state index in [9.17, 15) is 14.7 Å². The molecular weight excluding hydrogens is 274 g/mol. The van der Waals surface area contributed by atoms with E-state index in [0.717, 1.165) is 0 Å². The molecule has 0 saturated carbocycles. The van der Waals surface area contributed by atoms with Gasteiger partial charge in [0.1, 0.15) is 0 Å². The van der Waals surface area contributed by atoms with E-state index in [1.807, 2.05) is 0 Å². The van der Waals surface area contributed by atoms with Gasteiger partial charge in [-0.25, -0.2) is 4.79 Å². The number of rotatable bonds is 4. The number of aromatic hydroxyl groups is 1. The number of hydrogen-bond donors (Lipinski definition) is 3. The Bertz CT molecular complexity index is 679. The molecule has 0 aliphatic heterocycles. The van der Waals surface area contributed by atoms with Crippen molar-refractivity contribution < 1.29 is 24.5 Å². The SMILES string of the molecule is COc1cccc(C(=O)Nc2ccc(C(=O)O)cc2)c1O. The topological polar surface area (TPSA) is 95.9 Å². The van der Waals surface area contributed by atoms with Gasteiger partial charge >= 0.3 is 5.97 Å². The first-order valence-corrected chi connectivity index (χ1v) is 6.03. The van der Waals surface area contributed by atoms with E-state index in [0.29, 0.717) is 5.69 Å². The Morgan fingerprint density at radius 1 is 1.10 bits per heavy atom. The minimum absolute atomic E-state index is 0.0664. The highest BCUT2D eigenvalue weighted by Gasteiger charge is 2.15. The molecule has 0 heterocycles. The number of ether oxygens (including phenoxy) is 1. The normalized spacial score (nSPS) is 9.95. The highest BCUT2D eigenvalue weighted by Crippen LogP contribution is 2.29. The zero-order valence-corrected chi connectivity index (χ0v) is 11.2. The molecule has 6 nitrogen and oxygen atoms in total. The van der Waals surface area contributed by atoms with Crippen LogP contribution in [-0.4, -0.2) is 29.2 Å². The molecule has 2 rings (SSSR count). The Kier molecular flexibility index (Phi) is 4.08. The molecule has 0 radical (unpaired) electrons. The van der Waals surface area contributed by atoms with Crippen molar-refractivity contribution in [2.75, 3.05) is 12.4 Å². The fourth-order valence-electron chi connectivity index (χ4n) is 1.76. The van der Waals surface area contributed by atoms with Gasteiger partial charge in [0, 0.05) is 5.69 Å². The summed E-state index contributed by atoms with van der Waals surface area (Å²) < 4.78 is 4.93. The Hall–Kier alpha value is -3.02. The van der Waals surface area contributed by atoms with Gasteiger partial charge in [-0.3, -0.25) is 4.79 Å². The third-order valence-corrected chi connectivity index (χ3v) is 2.85. The highest BCUT2D eigenvalue weighted by molar-refractivity contribution is 6.06. The number of carbonyl (C=O) groups excluding carboxylic acids is 1. The van der Waals surface area contributed by atoms with Gasteiger partial charge in [-0.05, 0) is 36.4 Å². The Morgan fingerprint density at radius 2 is 1.76 bits per heavy atom. The fourth-order valence-corrected chi connectivity index (χ4v) is 1.76. The molecule has 21 heavy (non-hydrogen) atoms. The van der Waals surface area contributed by atoms with E-state index in [2.05, 4.69) is 5.32 Å². The Labute approximate surface area is 120 Å². The number of phenols is 1. The lowest BCUT2D eigenvalue weighted by molar-refractivity contribution is 0.0696. The van der Waals surface area contributed by atoms with Crippen LogP contribution in [0.3, 0.4) is 0 Å². The number of carbonyl (C=O) groups is 2. The molecule has 0 aromatic heterocycles. The van der Waals surface area contributed by atoms with E-state index in [1.165, 1.54) is 43.5 Å². The maximum Gasteiger partial charge on any atom is 0.335 e. The van der Waals surface area contributed by atoms with Gasteiger partial charge in [0.2, 0.25) is 0 Å². The maximum atomic E-state index is 12.1. The Balaban J connectivity index is 2.20. The van der Waals surface area contributed by atoms with Crippen LogP contribution in [0.1, 0.15) is 20.7 Å². The van der Waals surface area contributed by atoms with E-state index in [1.54, 1.807) is 6.07 Å². The quantitative estimate of drug-likeness (QED) is 0.802. The molecule has 6 heteroatoms. The van der Waals surface area contributed by atoms with Crippen molar-refractivity contribution in [3.05, 3.63) is 53.6 Å². The summed E-state index contributed by atoms with van der Waals surface area (Å²) in [5.74, 6) is -1.61. The van der Waals surface area contributed by atoms with Crippen LogP contribution in [0.25, 0.3) is 0 Å². The summed E-state index contributed by atoms with van der Waals surface area (Å²) in [6, 6.07) is 10.3. The molecule has 108 valence electrons. The number of nitrogens with one attached hydrogen (secondary N) is 1. The molecule has 0 bridgehead atoms. The monoisotopic (exact) mass is 287 g/mol. The number of phenolic OH excluding ortho intramolecular Hbond substituents is 1. The van der Waals surface area contributed by atoms with Gasteiger partial charge in [0.05, 0.1) is 18.2 Å². The predicted octanol–water partition coefficient (Wildman–Crippen LogP) is 2.35. The van der Waals surface area contributed by atoms with Gasteiger partial charge in [-0.2, -0.15) is 0 Å². The second-order valence-corrected chi connectivity index (χ2v) is 4.19. The van der Waals surface area contributed by atoms with Crippen LogP contribution in [-0.2, 0) is 0 Å². The summed E-state index contributed by atoms with van der Waals surface area (Å²) in [5.41, 5.74) is 0.612. The average Bonchev–Trinajstić information content (AvgIpc) is 2.48. The number of carboxylic acids is 1. The first-order valence-electron chi connectivity index (χ1n) is 6.03. The Morgan fingerprint density at radius 3 is 2.33 bits per heavy atom. The molecule has 2 aromatic rings. The summed E-state index contributed by atoms with van der Waals surface area (Å²) >= 11 is 0. The summed E-state index contributed by atoms with van der Waals surface area (Å²) in [5, 5.41) is 21.3. The second kappa shape index (κ2) is 5.96. The van der Waals surface area contributed by atoms with Crippen LogP contribution < -0.4 is 10.1 Å². The highest BCUT2D eigenvalue weighted by atomic mass is 16.5. The van der Waals surface area contributed by atoms with Crippen molar-refractivity contribution in [1.82, 2.24) is 0 Å². The van der Waals surface area contributed by atoms with Gasteiger partial charge in [-0.15, -0.1) is 0 Å². The van der Waals surface area contributed by atoms with Crippen LogP contribution in [0.15, 0.2) is 42.5 Å². The number of carboxylic acid groups (broad SMARTS) is 1. The van der Waals surface area contributed by atoms with Crippen LogP contribution in [0.4, 0.5) is 5.69 Å². The molecule has 0 atom stereocenters. The summed E-state index contributed by atoms with van der Waals surface area (Å²) in [6.45, 7) is 0. The lowest BCUT2D eigenvalue weighted by atomic mass is 10.1. The van der Waals surface area contributed by atoms with Gasteiger partial charge in [-0.1, -0.05) is 6.07 Å². The summed E-state index contributed by atoms with van der Waals surface area (Å²) in [6.07, 6.45) is 0. The predicted molar refractivity (Wildman–Crippen MR) is 76.0 cm³/mol. The third-order valence-electron chi connectivity index (χ3n) is 2.85. The largest absolute Gasteiger partial charge is 0.504 e. The third kappa shape index (κ3) is 3.11. The van der Waals surface area contributed by atoms with Crippen molar-refractivity contribution in [1.29, 1.82) is 0 Å². The molecule has 0 saturated heterocycles. The maximum absolute atomic E-state index is 12.1. The van der Waals surface area contributed by atoms with E-state index in [-0.39, 0.29) is 22.6 Å². The molecule has 0 aliphatic carbocycles. The minimum Gasteiger partial charge on any atom is -0.504 e. The number of anilines is 1. The van der Waals surface area contributed by atoms with Crippen molar-refractivity contribution in [3.8, 4) is 11.5 Å². The molecule has 2 aromatic carbocycles. The molecule has 0 unspecified atom stereocenters. The molecule has 0 aliphatic rings. The molecule has 0 fully saturated rings. The van der Waals surface area contributed by atoms with Gasteiger partial charge < -0.3 is 20.3 Å². The number of aromatic carboxylic acids is 1. The van der Waals surface area contributed by atoms with Crippen LogP contribution >= 0.6 is 0 Å². The number of benzene rings is 2. The van der Waals surface area contributed by atoms with E-state index < -0.39 is 11.9 Å². The van der Waals surface area contributed by atoms with E-state index in [4.69, 9.17) is 9.84 Å². The lowest BCUT2D eigenvalue weighted by Crippen LogP contribution is -2.12. The first-order chi connectivity index (χ1) is 10.0.